The Kier molecular flexibility index (Phi) is 2.66. The quantitative estimate of drug-likeness (QED) is 0.675. The molecule has 1 aromatic rings. The first-order valence-electron chi connectivity index (χ1n) is 3.60. The fraction of sp³-hybridized carbons (Fsp3) is 0.333. The third-order valence-electron chi connectivity index (χ3n) is 1.73. The van der Waals surface area contributed by atoms with Crippen LogP contribution in [-0.4, -0.2) is 0 Å². The van der Waals surface area contributed by atoms with Gasteiger partial charge in [0.2, 0.25) is 0 Å². The van der Waals surface area contributed by atoms with E-state index in [1.165, 1.54) is 0 Å². The highest BCUT2D eigenvalue weighted by Crippen LogP contribution is 2.22. The highest BCUT2D eigenvalue weighted by molar-refractivity contribution is 9.10. The van der Waals surface area contributed by atoms with Crippen LogP contribution in [0.25, 0.3) is 0 Å². The predicted octanol–water partition coefficient (Wildman–Crippen LogP) is 3.46. The van der Waals surface area contributed by atoms with Gasteiger partial charge in [-0.3, -0.25) is 0 Å². The molecule has 0 fully saturated rings. The Hall–Kier alpha value is -0.370. The number of rotatable bonds is 1. The third kappa shape index (κ3) is 1.62. The first-order chi connectivity index (χ1) is 5.16. The molecule has 0 unspecified atom stereocenters. The summed E-state index contributed by atoms with van der Waals surface area (Å²) < 4.78 is 14.1. The minimum atomic E-state index is -0.0816. The van der Waals surface area contributed by atoms with Crippen molar-refractivity contribution in [2.24, 2.45) is 0 Å². The molecule has 0 amide bonds. The Morgan fingerprint density at radius 1 is 1.45 bits per heavy atom. The minimum absolute atomic E-state index is 0.0816. The number of aryl methyl sites for hydroxylation is 1. The van der Waals surface area contributed by atoms with Crippen LogP contribution in [0.4, 0.5) is 4.39 Å². The van der Waals surface area contributed by atoms with Crippen LogP contribution in [0.15, 0.2) is 16.6 Å². The molecule has 0 saturated heterocycles. The van der Waals surface area contributed by atoms with Crippen molar-refractivity contribution in [2.75, 3.05) is 0 Å². The molecule has 1 aromatic carbocycles. The lowest BCUT2D eigenvalue weighted by atomic mass is 10.1. The fourth-order valence-corrected chi connectivity index (χ4v) is 1.63. The molecule has 0 aliphatic heterocycles. The minimum Gasteiger partial charge on any atom is -0.206 e. The van der Waals surface area contributed by atoms with E-state index in [1.807, 2.05) is 13.0 Å². The van der Waals surface area contributed by atoms with Crippen molar-refractivity contribution >= 4 is 15.9 Å². The molecule has 2 heteroatoms. The molecule has 11 heavy (non-hydrogen) atoms. The van der Waals surface area contributed by atoms with Gasteiger partial charge in [0.15, 0.2) is 0 Å². The van der Waals surface area contributed by atoms with Gasteiger partial charge < -0.3 is 0 Å². The highest BCUT2D eigenvalue weighted by Gasteiger charge is 2.06. The monoisotopic (exact) mass is 216 g/mol. The number of halogens is 2. The Bertz CT molecular complexity index is 269. The van der Waals surface area contributed by atoms with E-state index in [1.54, 1.807) is 13.0 Å². The molecule has 0 radical (unpaired) electrons. The summed E-state index contributed by atoms with van der Waals surface area (Å²) >= 11 is 3.30. The zero-order chi connectivity index (χ0) is 8.43. The van der Waals surface area contributed by atoms with Gasteiger partial charge in [0, 0.05) is 10.0 Å². The van der Waals surface area contributed by atoms with Gasteiger partial charge in [-0.2, -0.15) is 0 Å². The van der Waals surface area contributed by atoms with Crippen LogP contribution in [0.5, 0.6) is 0 Å². The zero-order valence-corrected chi connectivity index (χ0v) is 8.20. The molecule has 0 N–H and O–H groups in total. The van der Waals surface area contributed by atoms with Gasteiger partial charge in [0.25, 0.3) is 0 Å². The Morgan fingerprint density at radius 3 is 2.55 bits per heavy atom. The van der Waals surface area contributed by atoms with E-state index in [-0.39, 0.29) is 5.82 Å². The van der Waals surface area contributed by atoms with E-state index >= 15 is 0 Å². The molecule has 0 heterocycles. The lowest BCUT2D eigenvalue weighted by molar-refractivity contribution is 0.601. The second-order valence-corrected chi connectivity index (χ2v) is 3.36. The number of hydrogen-bond acceptors (Lipinski definition) is 0. The summed E-state index contributed by atoms with van der Waals surface area (Å²) in [5.74, 6) is -0.0816. The van der Waals surface area contributed by atoms with Crippen LogP contribution in [-0.2, 0) is 6.42 Å². The molecule has 0 aromatic heterocycles. The van der Waals surface area contributed by atoms with Crippen LogP contribution in [0, 0.1) is 12.7 Å². The van der Waals surface area contributed by atoms with E-state index < -0.39 is 0 Å². The van der Waals surface area contributed by atoms with Crippen molar-refractivity contribution in [3.05, 3.63) is 33.5 Å². The molecule has 0 nitrogen and oxygen atoms in total. The van der Waals surface area contributed by atoms with Crippen LogP contribution < -0.4 is 0 Å². The summed E-state index contributed by atoms with van der Waals surface area (Å²) in [4.78, 5) is 0. The van der Waals surface area contributed by atoms with Crippen molar-refractivity contribution in [2.45, 2.75) is 20.3 Å². The Balaban J connectivity index is 3.29. The average Bonchev–Trinajstić information content (AvgIpc) is 1.99. The number of hydrogen-bond donors (Lipinski definition) is 0. The van der Waals surface area contributed by atoms with E-state index in [9.17, 15) is 4.39 Å². The van der Waals surface area contributed by atoms with Gasteiger partial charge in [-0.25, -0.2) is 4.39 Å². The fourth-order valence-electron chi connectivity index (χ4n) is 1.04. The molecular weight excluding hydrogens is 207 g/mol. The lowest BCUT2D eigenvalue weighted by Gasteiger charge is -2.04. The molecule has 0 bridgehead atoms. The third-order valence-corrected chi connectivity index (χ3v) is 2.48. The second kappa shape index (κ2) is 3.35. The van der Waals surface area contributed by atoms with Crippen LogP contribution >= 0.6 is 15.9 Å². The van der Waals surface area contributed by atoms with Crippen molar-refractivity contribution in [1.82, 2.24) is 0 Å². The van der Waals surface area contributed by atoms with Gasteiger partial charge in [-0.05, 0) is 25.0 Å². The maximum atomic E-state index is 13.2. The smallest absolute Gasteiger partial charge is 0.130 e. The van der Waals surface area contributed by atoms with Crippen molar-refractivity contribution < 1.29 is 4.39 Å². The molecule has 0 aliphatic carbocycles. The average molecular weight is 217 g/mol. The summed E-state index contributed by atoms with van der Waals surface area (Å²) in [7, 11) is 0. The van der Waals surface area contributed by atoms with E-state index in [0.29, 0.717) is 5.56 Å². The summed E-state index contributed by atoms with van der Waals surface area (Å²) in [6, 6.07) is 3.66. The topological polar surface area (TPSA) is 0 Å². The summed E-state index contributed by atoms with van der Waals surface area (Å²) in [5.41, 5.74) is 1.48. The van der Waals surface area contributed by atoms with Gasteiger partial charge in [-0.1, -0.05) is 28.9 Å². The van der Waals surface area contributed by atoms with E-state index in [0.717, 1.165) is 16.5 Å². The van der Waals surface area contributed by atoms with Gasteiger partial charge >= 0.3 is 0 Å². The highest BCUT2D eigenvalue weighted by atomic mass is 79.9. The molecular formula is C9H10BrF. The largest absolute Gasteiger partial charge is 0.206 e. The van der Waals surface area contributed by atoms with Crippen molar-refractivity contribution in [3.63, 3.8) is 0 Å². The van der Waals surface area contributed by atoms with E-state index in [2.05, 4.69) is 15.9 Å². The molecule has 0 spiro atoms. The van der Waals surface area contributed by atoms with Gasteiger partial charge in [-0.15, -0.1) is 0 Å². The normalized spacial score (nSPS) is 10.2. The predicted molar refractivity (Wildman–Crippen MR) is 48.2 cm³/mol. The number of benzene rings is 1. The second-order valence-electron chi connectivity index (χ2n) is 2.51. The molecule has 1 rings (SSSR count). The molecule has 60 valence electrons. The van der Waals surface area contributed by atoms with Crippen LogP contribution in [0.3, 0.4) is 0 Å². The standard InChI is InChI=1S/C9H10BrF/c1-3-7-8(10)5-4-6(2)9(7)11/h4-5H,3H2,1-2H3. The SMILES string of the molecule is CCc1c(Br)ccc(C)c1F. The Morgan fingerprint density at radius 2 is 2.09 bits per heavy atom. The lowest BCUT2D eigenvalue weighted by Crippen LogP contribution is -1.92. The summed E-state index contributed by atoms with van der Waals surface area (Å²) in [6.45, 7) is 3.73. The first kappa shape index (κ1) is 8.72. The van der Waals surface area contributed by atoms with Crippen molar-refractivity contribution in [3.8, 4) is 0 Å². The molecule has 0 atom stereocenters. The maximum absolute atomic E-state index is 13.2. The Labute approximate surface area is 74.6 Å². The summed E-state index contributed by atoms with van der Waals surface area (Å²) in [5, 5.41) is 0. The van der Waals surface area contributed by atoms with Crippen LogP contribution in [0.2, 0.25) is 0 Å². The molecule has 0 saturated carbocycles. The molecule has 0 aliphatic rings. The van der Waals surface area contributed by atoms with E-state index in [4.69, 9.17) is 0 Å². The van der Waals surface area contributed by atoms with Gasteiger partial charge in [0.05, 0.1) is 0 Å². The van der Waals surface area contributed by atoms with Crippen LogP contribution in [0.1, 0.15) is 18.1 Å². The summed E-state index contributed by atoms with van der Waals surface area (Å²) in [6.07, 6.45) is 0.730. The van der Waals surface area contributed by atoms with Gasteiger partial charge in [0.1, 0.15) is 5.82 Å². The van der Waals surface area contributed by atoms with Crippen molar-refractivity contribution in [1.29, 1.82) is 0 Å². The first-order valence-corrected chi connectivity index (χ1v) is 4.39. The maximum Gasteiger partial charge on any atom is 0.130 e. The zero-order valence-electron chi connectivity index (χ0n) is 6.62.